The summed E-state index contributed by atoms with van der Waals surface area (Å²) in [5.74, 6) is 0.881. The average Bonchev–Trinajstić information content (AvgIpc) is 2.99. The van der Waals surface area contributed by atoms with E-state index >= 15 is 0 Å². The van der Waals surface area contributed by atoms with Gasteiger partial charge in [-0.15, -0.1) is 11.3 Å². The van der Waals surface area contributed by atoms with Gasteiger partial charge in [-0.25, -0.2) is 4.98 Å². The molecule has 0 fully saturated rings. The molecule has 0 saturated heterocycles. The summed E-state index contributed by atoms with van der Waals surface area (Å²) >= 11 is 1.64. The first-order valence-electron chi connectivity index (χ1n) is 6.23. The number of anilines is 1. The summed E-state index contributed by atoms with van der Waals surface area (Å²) in [4.78, 5) is 5.56. The Bertz CT molecular complexity index is 645. The average molecular weight is 273 g/mol. The Morgan fingerprint density at radius 1 is 1.37 bits per heavy atom. The van der Waals surface area contributed by atoms with Gasteiger partial charge in [0, 0.05) is 17.8 Å². The highest BCUT2D eigenvalue weighted by Crippen LogP contribution is 2.24. The maximum absolute atomic E-state index is 5.58. The molecule has 0 saturated carbocycles. The van der Waals surface area contributed by atoms with Crippen molar-refractivity contribution in [2.24, 2.45) is 0 Å². The Hall–Kier alpha value is -2.01. The second-order valence-electron chi connectivity index (χ2n) is 4.11. The van der Waals surface area contributed by atoms with Crippen LogP contribution in [0.5, 0.6) is 5.75 Å². The second-order valence-corrected chi connectivity index (χ2v) is 4.98. The number of rotatable bonds is 5. The van der Waals surface area contributed by atoms with Crippen LogP contribution in [-0.2, 0) is 6.54 Å². The number of aromatic nitrogens is 2. The second kappa shape index (κ2) is 5.32. The van der Waals surface area contributed by atoms with Crippen molar-refractivity contribution in [3.63, 3.8) is 0 Å². The number of fused-ring (bicyclic) bond motifs is 1. The highest BCUT2D eigenvalue weighted by Gasteiger charge is 2.05. The number of imidazole rings is 1. The molecule has 98 valence electrons. The summed E-state index contributed by atoms with van der Waals surface area (Å²) in [6, 6.07) is 7.96. The zero-order valence-electron chi connectivity index (χ0n) is 10.7. The van der Waals surface area contributed by atoms with Gasteiger partial charge in [0.15, 0.2) is 4.96 Å². The summed E-state index contributed by atoms with van der Waals surface area (Å²) < 4.78 is 7.62. The Kier molecular flexibility index (Phi) is 3.37. The summed E-state index contributed by atoms with van der Waals surface area (Å²) in [6.07, 6.45) is 4.06. The van der Waals surface area contributed by atoms with Crippen molar-refractivity contribution in [3.05, 3.63) is 47.7 Å². The summed E-state index contributed by atoms with van der Waals surface area (Å²) in [6.45, 7) is 3.34. The number of benzene rings is 1. The van der Waals surface area contributed by atoms with E-state index in [2.05, 4.69) is 10.3 Å². The number of ether oxygens (including phenoxy) is 1. The molecule has 0 aliphatic rings. The van der Waals surface area contributed by atoms with Crippen molar-refractivity contribution in [2.75, 3.05) is 11.9 Å². The molecule has 0 radical (unpaired) electrons. The van der Waals surface area contributed by atoms with Crippen molar-refractivity contribution in [2.45, 2.75) is 13.5 Å². The summed E-state index contributed by atoms with van der Waals surface area (Å²) in [7, 11) is 0. The summed E-state index contributed by atoms with van der Waals surface area (Å²) in [5.41, 5.74) is 2.03. The van der Waals surface area contributed by atoms with Crippen molar-refractivity contribution in [3.8, 4) is 5.75 Å². The minimum absolute atomic E-state index is 0.666. The zero-order chi connectivity index (χ0) is 13.1. The SMILES string of the molecule is CCOc1ccccc1NCc1cn2ccsc2n1. The number of para-hydroxylation sites is 2. The molecule has 0 aliphatic heterocycles. The molecule has 1 N–H and O–H groups in total. The predicted molar refractivity (Wildman–Crippen MR) is 78.0 cm³/mol. The fraction of sp³-hybridized carbons (Fsp3) is 0.214. The van der Waals surface area contributed by atoms with Gasteiger partial charge in [0.1, 0.15) is 5.75 Å². The van der Waals surface area contributed by atoms with E-state index in [0.717, 1.165) is 22.1 Å². The minimum atomic E-state index is 0.666. The quantitative estimate of drug-likeness (QED) is 0.774. The fourth-order valence-corrected chi connectivity index (χ4v) is 2.66. The highest BCUT2D eigenvalue weighted by atomic mass is 32.1. The normalized spacial score (nSPS) is 10.8. The van der Waals surface area contributed by atoms with Gasteiger partial charge in [0.05, 0.1) is 24.5 Å². The first kappa shape index (κ1) is 12.0. The molecule has 2 heterocycles. The van der Waals surface area contributed by atoms with Crippen molar-refractivity contribution >= 4 is 22.0 Å². The maximum atomic E-state index is 5.58. The third kappa shape index (κ3) is 2.56. The lowest BCUT2D eigenvalue weighted by molar-refractivity contribution is 0.341. The van der Waals surface area contributed by atoms with Crippen molar-refractivity contribution < 1.29 is 4.74 Å². The van der Waals surface area contributed by atoms with E-state index in [1.807, 2.05) is 53.4 Å². The smallest absolute Gasteiger partial charge is 0.193 e. The molecule has 3 aromatic rings. The van der Waals surface area contributed by atoms with Crippen LogP contribution in [0.1, 0.15) is 12.6 Å². The third-order valence-corrected chi connectivity index (χ3v) is 3.56. The van der Waals surface area contributed by atoms with Crippen LogP contribution < -0.4 is 10.1 Å². The van der Waals surface area contributed by atoms with Crippen LogP contribution in [0.3, 0.4) is 0 Å². The van der Waals surface area contributed by atoms with Crippen molar-refractivity contribution in [1.82, 2.24) is 9.38 Å². The largest absolute Gasteiger partial charge is 0.492 e. The van der Waals surface area contributed by atoms with Gasteiger partial charge in [0.25, 0.3) is 0 Å². The fourth-order valence-electron chi connectivity index (χ4n) is 1.94. The number of hydrogen-bond donors (Lipinski definition) is 1. The van der Waals surface area contributed by atoms with Gasteiger partial charge in [-0.3, -0.25) is 4.40 Å². The molecule has 4 nitrogen and oxygen atoms in total. The molecule has 19 heavy (non-hydrogen) atoms. The standard InChI is InChI=1S/C14H15N3OS/c1-2-18-13-6-4-3-5-12(13)15-9-11-10-17-7-8-19-14(17)16-11/h3-8,10,15H,2,9H2,1H3. The molecule has 0 unspecified atom stereocenters. The molecule has 0 aliphatic carbocycles. The van der Waals surface area contributed by atoms with Crippen molar-refractivity contribution in [1.29, 1.82) is 0 Å². The van der Waals surface area contributed by atoms with Crippen LogP contribution in [-0.4, -0.2) is 16.0 Å². The molecule has 0 bridgehead atoms. The van der Waals surface area contributed by atoms with Crippen LogP contribution >= 0.6 is 11.3 Å². The van der Waals surface area contributed by atoms with Crippen LogP contribution in [0.4, 0.5) is 5.69 Å². The van der Waals surface area contributed by atoms with E-state index in [1.165, 1.54) is 0 Å². The predicted octanol–water partition coefficient (Wildman–Crippen LogP) is 3.41. The monoisotopic (exact) mass is 273 g/mol. The Labute approximate surface area is 115 Å². The van der Waals surface area contributed by atoms with Gasteiger partial charge in [-0.05, 0) is 19.1 Å². The first-order chi connectivity index (χ1) is 9.36. The minimum Gasteiger partial charge on any atom is -0.492 e. The van der Waals surface area contributed by atoms with Gasteiger partial charge < -0.3 is 10.1 Å². The first-order valence-corrected chi connectivity index (χ1v) is 7.11. The highest BCUT2D eigenvalue weighted by molar-refractivity contribution is 7.15. The van der Waals surface area contributed by atoms with Gasteiger partial charge in [-0.1, -0.05) is 12.1 Å². The number of nitrogens with zero attached hydrogens (tertiary/aromatic N) is 2. The molecule has 2 aromatic heterocycles. The third-order valence-electron chi connectivity index (χ3n) is 2.79. The molecular weight excluding hydrogens is 258 g/mol. The zero-order valence-corrected chi connectivity index (χ0v) is 11.5. The molecule has 0 atom stereocenters. The number of hydrogen-bond acceptors (Lipinski definition) is 4. The lowest BCUT2D eigenvalue weighted by Crippen LogP contribution is -2.02. The molecule has 3 rings (SSSR count). The van der Waals surface area contributed by atoms with Crippen LogP contribution in [0, 0.1) is 0 Å². The van der Waals surface area contributed by atoms with E-state index in [4.69, 9.17) is 4.74 Å². The van der Waals surface area contributed by atoms with Crippen LogP contribution in [0.15, 0.2) is 42.0 Å². The molecule has 0 amide bonds. The van der Waals surface area contributed by atoms with E-state index in [0.29, 0.717) is 13.2 Å². The Balaban J connectivity index is 1.73. The molecule has 5 heteroatoms. The van der Waals surface area contributed by atoms with Gasteiger partial charge in [-0.2, -0.15) is 0 Å². The maximum Gasteiger partial charge on any atom is 0.193 e. The van der Waals surface area contributed by atoms with Gasteiger partial charge >= 0.3 is 0 Å². The van der Waals surface area contributed by atoms with Gasteiger partial charge in [0.2, 0.25) is 0 Å². The number of nitrogens with one attached hydrogen (secondary N) is 1. The topological polar surface area (TPSA) is 38.6 Å². The number of thiazole rings is 1. The Morgan fingerprint density at radius 3 is 3.11 bits per heavy atom. The Morgan fingerprint density at radius 2 is 2.26 bits per heavy atom. The molecule has 1 aromatic carbocycles. The molecular formula is C14H15N3OS. The van der Waals surface area contributed by atoms with E-state index in [-0.39, 0.29) is 0 Å². The molecule has 0 spiro atoms. The van der Waals surface area contributed by atoms with E-state index < -0.39 is 0 Å². The summed E-state index contributed by atoms with van der Waals surface area (Å²) in [5, 5.41) is 5.40. The van der Waals surface area contributed by atoms with E-state index in [9.17, 15) is 0 Å². The van der Waals surface area contributed by atoms with E-state index in [1.54, 1.807) is 11.3 Å². The van der Waals surface area contributed by atoms with Crippen LogP contribution in [0.25, 0.3) is 4.96 Å². The van der Waals surface area contributed by atoms with Crippen LogP contribution in [0.2, 0.25) is 0 Å². The lowest BCUT2D eigenvalue weighted by atomic mass is 10.3. The lowest BCUT2D eigenvalue weighted by Gasteiger charge is -2.10.